The molecular formula is C14H24N2O3S. The van der Waals surface area contributed by atoms with Gasteiger partial charge >= 0.3 is 0 Å². The van der Waals surface area contributed by atoms with Gasteiger partial charge in [0.15, 0.2) is 0 Å². The van der Waals surface area contributed by atoms with Crippen molar-refractivity contribution in [2.45, 2.75) is 38.6 Å². The van der Waals surface area contributed by atoms with E-state index in [0.29, 0.717) is 18.9 Å². The lowest BCUT2D eigenvalue weighted by molar-refractivity contribution is 0.116. The molecule has 0 aromatic heterocycles. The van der Waals surface area contributed by atoms with E-state index in [4.69, 9.17) is 10.5 Å². The number of hydrogen-bond donors (Lipinski definition) is 2. The van der Waals surface area contributed by atoms with E-state index in [9.17, 15) is 8.42 Å². The first-order chi connectivity index (χ1) is 9.27. The number of nitrogens with two attached hydrogens (primary N) is 1. The lowest BCUT2D eigenvalue weighted by atomic mass is 10.1. The molecule has 1 atom stereocenters. The molecule has 0 heterocycles. The Balaban J connectivity index is 2.94. The van der Waals surface area contributed by atoms with E-state index >= 15 is 0 Å². The summed E-state index contributed by atoms with van der Waals surface area (Å²) in [6.07, 6.45) is 0. The van der Waals surface area contributed by atoms with E-state index in [2.05, 4.69) is 4.72 Å². The fraction of sp³-hybridized carbons (Fsp3) is 0.571. The van der Waals surface area contributed by atoms with Crippen LogP contribution in [0.3, 0.4) is 0 Å². The minimum atomic E-state index is -3.58. The highest BCUT2D eigenvalue weighted by Gasteiger charge is 2.23. The monoisotopic (exact) mass is 300 g/mol. The SMILES string of the molecule is CCOCC(NS(=O)(=O)c1ccc(C)c(N)c1)C(C)C. The highest BCUT2D eigenvalue weighted by atomic mass is 32.2. The number of hydrogen-bond acceptors (Lipinski definition) is 4. The summed E-state index contributed by atoms with van der Waals surface area (Å²) >= 11 is 0. The predicted molar refractivity (Wildman–Crippen MR) is 81.0 cm³/mol. The number of benzene rings is 1. The molecule has 20 heavy (non-hydrogen) atoms. The Hall–Kier alpha value is -1.11. The molecule has 0 spiro atoms. The van der Waals surface area contributed by atoms with Crippen LogP contribution in [0.5, 0.6) is 0 Å². The van der Waals surface area contributed by atoms with Gasteiger partial charge in [-0.25, -0.2) is 13.1 Å². The molecule has 0 saturated carbocycles. The Kier molecular flexibility index (Phi) is 5.98. The predicted octanol–water partition coefficient (Wildman–Crippen LogP) is 1.92. The van der Waals surface area contributed by atoms with E-state index < -0.39 is 10.0 Å². The molecule has 0 bridgehead atoms. The summed E-state index contributed by atoms with van der Waals surface area (Å²) in [5, 5.41) is 0. The second-order valence-corrected chi connectivity index (χ2v) is 6.86. The van der Waals surface area contributed by atoms with Gasteiger partial charge in [-0.3, -0.25) is 0 Å². The van der Waals surface area contributed by atoms with Crippen molar-refractivity contribution in [1.29, 1.82) is 0 Å². The van der Waals surface area contributed by atoms with Gasteiger partial charge in [-0.05, 0) is 37.5 Å². The van der Waals surface area contributed by atoms with Crippen molar-refractivity contribution in [2.75, 3.05) is 18.9 Å². The summed E-state index contributed by atoms with van der Waals surface area (Å²) in [6, 6.07) is 4.49. The Morgan fingerprint density at radius 2 is 2.00 bits per heavy atom. The molecule has 0 aliphatic heterocycles. The zero-order chi connectivity index (χ0) is 15.3. The summed E-state index contributed by atoms with van der Waals surface area (Å²) in [4.78, 5) is 0.183. The molecule has 0 radical (unpaired) electrons. The third-order valence-electron chi connectivity index (χ3n) is 3.17. The minimum absolute atomic E-state index is 0.138. The molecule has 0 fully saturated rings. The number of anilines is 1. The fourth-order valence-corrected chi connectivity index (χ4v) is 3.06. The van der Waals surface area contributed by atoms with Crippen LogP contribution in [0.4, 0.5) is 5.69 Å². The first kappa shape index (κ1) is 16.9. The Morgan fingerprint density at radius 1 is 1.35 bits per heavy atom. The molecule has 6 heteroatoms. The van der Waals surface area contributed by atoms with Crippen molar-refractivity contribution in [2.24, 2.45) is 5.92 Å². The second kappa shape index (κ2) is 7.06. The average Bonchev–Trinajstić information content (AvgIpc) is 2.37. The molecular weight excluding hydrogens is 276 g/mol. The lowest BCUT2D eigenvalue weighted by Gasteiger charge is -2.22. The van der Waals surface area contributed by atoms with Crippen molar-refractivity contribution in [3.05, 3.63) is 23.8 Å². The summed E-state index contributed by atoms with van der Waals surface area (Å²) in [5.41, 5.74) is 7.10. The summed E-state index contributed by atoms with van der Waals surface area (Å²) in [5.74, 6) is 0.138. The zero-order valence-corrected chi connectivity index (χ0v) is 13.3. The third kappa shape index (κ3) is 4.47. The van der Waals surface area contributed by atoms with E-state index in [1.54, 1.807) is 12.1 Å². The standard InChI is InChI=1S/C14H24N2O3S/c1-5-19-9-14(10(2)3)16-20(17,18)12-7-6-11(4)13(15)8-12/h6-8,10,14,16H,5,9,15H2,1-4H3. The first-order valence-corrected chi connectivity index (χ1v) is 8.22. The molecule has 0 amide bonds. The number of nitrogens with one attached hydrogen (secondary N) is 1. The molecule has 0 aliphatic carbocycles. The molecule has 1 unspecified atom stereocenters. The number of ether oxygens (including phenoxy) is 1. The Morgan fingerprint density at radius 3 is 2.50 bits per heavy atom. The van der Waals surface area contributed by atoms with Crippen LogP contribution < -0.4 is 10.5 Å². The minimum Gasteiger partial charge on any atom is -0.398 e. The van der Waals surface area contributed by atoms with Gasteiger partial charge in [0.2, 0.25) is 10.0 Å². The van der Waals surface area contributed by atoms with Crippen LogP contribution in [0.25, 0.3) is 0 Å². The Labute approximate surface area is 121 Å². The van der Waals surface area contributed by atoms with Crippen molar-refractivity contribution in [3.63, 3.8) is 0 Å². The maximum atomic E-state index is 12.4. The van der Waals surface area contributed by atoms with Gasteiger partial charge in [0.25, 0.3) is 0 Å². The maximum Gasteiger partial charge on any atom is 0.240 e. The normalized spacial score (nSPS) is 13.7. The summed E-state index contributed by atoms with van der Waals surface area (Å²) in [6.45, 7) is 8.54. The molecule has 0 saturated heterocycles. The third-order valence-corrected chi connectivity index (χ3v) is 4.66. The topological polar surface area (TPSA) is 81.4 Å². The van der Waals surface area contributed by atoms with Crippen molar-refractivity contribution < 1.29 is 13.2 Å². The van der Waals surface area contributed by atoms with Gasteiger partial charge in [-0.2, -0.15) is 0 Å². The van der Waals surface area contributed by atoms with Crippen LogP contribution in [0, 0.1) is 12.8 Å². The van der Waals surface area contributed by atoms with Crippen LogP contribution >= 0.6 is 0 Å². The van der Waals surface area contributed by atoms with Gasteiger partial charge in [0.05, 0.1) is 11.5 Å². The summed E-state index contributed by atoms with van der Waals surface area (Å²) in [7, 11) is -3.58. The van der Waals surface area contributed by atoms with Crippen LogP contribution in [0.2, 0.25) is 0 Å². The number of sulfonamides is 1. The van der Waals surface area contributed by atoms with Gasteiger partial charge in [-0.1, -0.05) is 19.9 Å². The number of rotatable bonds is 7. The molecule has 3 N–H and O–H groups in total. The summed E-state index contributed by atoms with van der Waals surface area (Å²) < 4.78 is 32.7. The van der Waals surface area contributed by atoms with Crippen LogP contribution in [-0.2, 0) is 14.8 Å². The molecule has 0 aliphatic rings. The zero-order valence-electron chi connectivity index (χ0n) is 12.5. The molecule has 1 aromatic rings. The molecule has 1 rings (SSSR count). The highest BCUT2D eigenvalue weighted by molar-refractivity contribution is 7.89. The maximum absolute atomic E-state index is 12.4. The largest absolute Gasteiger partial charge is 0.398 e. The second-order valence-electron chi connectivity index (χ2n) is 5.15. The number of aryl methyl sites for hydroxylation is 1. The van der Waals surface area contributed by atoms with Gasteiger partial charge in [0.1, 0.15) is 0 Å². The van der Waals surface area contributed by atoms with E-state index in [1.807, 2.05) is 27.7 Å². The van der Waals surface area contributed by atoms with Crippen LogP contribution in [-0.4, -0.2) is 27.7 Å². The Bertz CT molecular complexity index is 541. The van der Waals surface area contributed by atoms with Crippen molar-refractivity contribution in [1.82, 2.24) is 4.72 Å². The van der Waals surface area contributed by atoms with E-state index in [1.165, 1.54) is 6.07 Å². The lowest BCUT2D eigenvalue weighted by Crippen LogP contribution is -2.41. The fourth-order valence-electron chi connectivity index (χ4n) is 1.66. The van der Waals surface area contributed by atoms with Gasteiger partial charge in [-0.15, -0.1) is 0 Å². The quantitative estimate of drug-likeness (QED) is 0.754. The van der Waals surface area contributed by atoms with E-state index in [0.717, 1.165) is 5.56 Å². The van der Waals surface area contributed by atoms with Crippen molar-refractivity contribution in [3.8, 4) is 0 Å². The van der Waals surface area contributed by atoms with Gasteiger partial charge in [0, 0.05) is 18.3 Å². The van der Waals surface area contributed by atoms with Crippen LogP contribution in [0.1, 0.15) is 26.3 Å². The van der Waals surface area contributed by atoms with Crippen LogP contribution in [0.15, 0.2) is 23.1 Å². The molecule has 114 valence electrons. The van der Waals surface area contributed by atoms with E-state index in [-0.39, 0.29) is 16.9 Å². The molecule has 1 aromatic carbocycles. The highest BCUT2D eigenvalue weighted by Crippen LogP contribution is 2.18. The van der Waals surface area contributed by atoms with Crippen molar-refractivity contribution >= 4 is 15.7 Å². The van der Waals surface area contributed by atoms with Gasteiger partial charge < -0.3 is 10.5 Å². The first-order valence-electron chi connectivity index (χ1n) is 6.74. The number of nitrogen functional groups attached to an aromatic ring is 1. The molecule has 5 nitrogen and oxygen atoms in total. The smallest absolute Gasteiger partial charge is 0.240 e. The average molecular weight is 300 g/mol.